The number of nitrogen functional groups attached to an aromatic ring is 1. The van der Waals surface area contributed by atoms with Gasteiger partial charge in [-0.25, -0.2) is 9.97 Å². The van der Waals surface area contributed by atoms with Crippen molar-refractivity contribution in [2.24, 2.45) is 0 Å². The molecule has 1 saturated heterocycles. The minimum Gasteiger partial charge on any atom is -0.457 e. The Morgan fingerprint density at radius 1 is 0.892 bits per heavy atom. The lowest BCUT2D eigenvalue weighted by Crippen LogP contribution is -2.44. The van der Waals surface area contributed by atoms with E-state index in [4.69, 9.17) is 10.5 Å². The van der Waals surface area contributed by atoms with E-state index in [9.17, 15) is 4.57 Å². The Bertz CT molecular complexity index is 1420. The average molecular weight is 516 g/mol. The molecule has 1 saturated carbocycles. The molecule has 0 unspecified atom stereocenters. The molecule has 2 aliphatic rings. The van der Waals surface area contributed by atoms with Crippen molar-refractivity contribution in [2.75, 3.05) is 37.8 Å². The predicted molar refractivity (Wildman–Crippen MR) is 150 cm³/mol. The number of aromatic nitrogens is 3. The number of nitrogens with two attached hydrogens (primary N) is 1. The van der Waals surface area contributed by atoms with Gasteiger partial charge >= 0.3 is 0 Å². The Labute approximate surface area is 218 Å². The Hall–Kier alpha value is -3.15. The topological polar surface area (TPSA) is 86.3 Å². The van der Waals surface area contributed by atoms with Gasteiger partial charge in [0, 0.05) is 49.3 Å². The van der Waals surface area contributed by atoms with Crippen molar-refractivity contribution in [3.05, 3.63) is 67.1 Å². The fourth-order valence-corrected chi connectivity index (χ4v) is 7.49. The highest BCUT2D eigenvalue weighted by molar-refractivity contribution is 7.63. The maximum absolute atomic E-state index is 12.4. The first-order valence-corrected chi connectivity index (χ1v) is 15.7. The molecule has 192 valence electrons. The van der Waals surface area contributed by atoms with Crippen LogP contribution in [0, 0.1) is 0 Å². The van der Waals surface area contributed by atoms with Gasteiger partial charge in [-0.1, -0.05) is 30.3 Å². The Morgan fingerprint density at radius 3 is 2.24 bits per heavy atom. The highest BCUT2D eigenvalue weighted by Gasteiger charge is 2.32. The van der Waals surface area contributed by atoms with E-state index < -0.39 is 7.14 Å². The molecule has 1 aliphatic heterocycles. The number of benzene rings is 2. The maximum Gasteiger partial charge on any atom is 0.146 e. The van der Waals surface area contributed by atoms with Gasteiger partial charge in [-0.15, -0.1) is 0 Å². The molecule has 3 heterocycles. The summed E-state index contributed by atoms with van der Waals surface area (Å²) in [6.07, 6.45) is 10.0. The third-order valence-corrected chi connectivity index (χ3v) is 10.4. The predicted octanol–water partition coefficient (Wildman–Crippen LogP) is 6.27. The summed E-state index contributed by atoms with van der Waals surface area (Å²) in [4.78, 5) is 11.6. The van der Waals surface area contributed by atoms with Gasteiger partial charge in [0.15, 0.2) is 0 Å². The minimum absolute atomic E-state index is 0.379. The largest absolute Gasteiger partial charge is 0.457 e. The van der Waals surface area contributed by atoms with Crippen LogP contribution < -0.4 is 10.5 Å². The monoisotopic (exact) mass is 515 g/mol. The molecule has 0 spiro atoms. The minimum atomic E-state index is -1.89. The molecule has 4 aromatic rings. The smallest absolute Gasteiger partial charge is 0.146 e. The molecule has 0 amide bonds. The molecule has 7 nitrogen and oxygen atoms in total. The van der Waals surface area contributed by atoms with E-state index in [0.717, 1.165) is 84.8 Å². The Balaban J connectivity index is 1.23. The molecule has 0 radical (unpaired) electrons. The molecular formula is C29H34N5O2P. The first-order valence-electron chi connectivity index (χ1n) is 13.2. The number of nitrogens with zero attached hydrogens (tertiary/aromatic N) is 4. The van der Waals surface area contributed by atoms with Gasteiger partial charge in [0.2, 0.25) is 0 Å². The standard InChI is InChI=1S/C29H34N5O2P/c1-37(35)17-15-33(16-18-37)22-9-11-23(12-10-22)34-19-26(27-28(30)31-20-32-29(27)34)21-7-13-25(14-8-21)36-24-5-3-2-4-6-24/h2-8,13-14,19-20,22-23H,9-12,15-18H2,1H3,(H2,30,31,32)/t22-,23-. The molecule has 0 bridgehead atoms. The van der Waals surface area contributed by atoms with Gasteiger partial charge in [-0.3, -0.25) is 4.90 Å². The Kier molecular flexibility index (Phi) is 6.51. The Morgan fingerprint density at radius 2 is 1.54 bits per heavy atom. The quantitative estimate of drug-likeness (QED) is 0.316. The van der Waals surface area contributed by atoms with Crippen molar-refractivity contribution in [1.29, 1.82) is 0 Å². The molecular weight excluding hydrogens is 481 g/mol. The van der Waals surface area contributed by atoms with Crippen LogP contribution in [0.3, 0.4) is 0 Å². The van der Waals surface area contributed by atoms with E-state index >= 15 is 0 Å². The van der Waals surface area contributed by atoms with E-state index in [1.165, 1.54) is 0 Å². The lowest BCUT2D eigenvalue weighted by atomic mass is 9.90. The van der Waals surface area contributed by atoms with Crippen LogP contribution in [0.5, 0.6) is 11.5 Å². The van der Waals surface area contributed by atoms with Crippen molar-refractivity contribution < 1.29 is 9.30 Å². The van der Waals surface area contributed by atoms with Gasteiger partial charge in [-0.2, -0.15) is 0 Å². The lowest BCUT2D eigenvalue weighted by molar-refractivity contribution is 0.148. The summed E-state index contributed by atoms with van der Waals surface area (Å²) in [5.74, 6) is 2.11. The SMILES string of the molecule is CP1(=O)CCN([C@H]2CC[C@H](n3cc(-c4ccc(Oc5ccccc5)cc4)c4c(N)ncnc43)CC2)CC1. The highest BCUT2D eigenvalue weighted by Crippen LogP contribution is 2.45. The van der Waals surface area contributed by atoms with E-state index in [2.05, 4.69) is 37.8 Å². The summed E-state index contributed by atoms with van der Waals surface area (Å²) < 4.78 is 20.7. The normalized spacial score (nSPS) is 22.2. The summed E-state index contributed by atoms with van der Waals surface area (Å²) >= 11 is 0. The molecule has 2 N–H and O–H groups in total. The van der Waals surface area contributed by atoms with Crippen molar-refractivity contribution in [1.82, 2.24) is 19.4 Å². The molecule has 8 heteroatoms. The second-order valence-electron chi connectivity index (χ2n) is 10.6. The fourth-order valence-electron chi connectivity index (χ4n) is 5.90. The van der Waals surface area contributed by atoms with Crippen LogP contribution in [0.1, 0.15) is 31.7 Å². The summed E-state index contributed by atoms with van der Waals surface area (Å²) in [5, 5.41) is 0.913. The maximum atomic E-state index is 12.4. The molecule has 6 rings (SSSR count). The van der Waals surface area contributed by atoms with Crippen molar-refractivity contribution in [3.63, 3.8) is 0 Å². The van der Waals surface area contributed by atoms with E-state index in [-0.39, 0.29) is 0 Å². The second-order valence-corrected chi connectivity index (χ2v) is 14.1. The van der Waals surface area contributed by atoms with Crippen molar-refractivity contribution in [2.45, 2.75) is 37.8 Å². The van der Waals surface area contributed by atoms with Gasteiger partial charge in [-0.05, 0) is 62.2 Å². The fraction of sp³-hybridized carbons (Fsp3) is 0.379. The van der Waals surface area contributed by atoms with E-state index in [1.54, 1.807) is 6.33 Å². The van der Waals surface area contributed by atoms with Crippen molar-refractivity contribution in [3.8, 4) is 22.6 Å². The highest BCUT2D eigenvalue weighted by atomic mass is 31.2. The van der Waals surface area contributed by atoms with Crippen LogP contribution in [-0.2, 0) is 4.57 Å². The average Bonchev–Trinajstić information content (AvgIpc) is 3.31. The van der Waals surface area contributed by atoms with E-state index in [1.807, 2.05) is 49.1 Å². The van der Waals surface area contributed by atoms with Gasteiger partial charge < -0.3 is 19.6 Å². The molecule has 1 aliphatic carbocycles. The molecule has 2 aromatic carbocycles. The summed E-state index contributed by atoms with van der Waals surface area (Å²) in [5.41, 5.74) is 9.41. The third-order valence-electron chi connectivity index (χ3n) is 8.08. The van der Waals surface area contributed by atoms with Gasteiger partial charge in [0.05, 0.1) is 12.5 Å². The number of para-hydroxylation sites is 1. The van der Waals surface area contributed by atoms with E-state index in [0.29, 0.717) is 17.9 Å². The summed E-state index contributed by atoms with van der Waals surface area (Å²) in [7, 11) is -1.89. The first kappa shape index (κ1) is 24.2. The first-order chi connectivity index (χ1) is 18.0. The molecule has 0 atom stereocenters. The number of hydrogen-bond donors (Lipinski definition) is 1. The number of anilines is 1. The molecule has 2 fully saturated rings. The second kappa shape index (κ2) is 9.96. The zero-order valence-electron chi connectivity index (χ0n) is 21.3. The molecule has 2 aromatic heterocycles. The van der Waals surface area contributed by atoms with Crippen LogP contribution >= 0.6 is 7.14 Å². The van der Waals surface area contributed by atoms with Crippen LogP contribution in [0.2, 0.25) is 0 Å². The van der Waals surface area contributed by atoms with Crippen LogP contribution in [0.25, 0.3) is 22.2 Å². The lowest BCUT2D eigenvalue weighted by Gasteiger charge is -2.40. The zero-order valence-corrected chi connectivity index (χ0v) is 22.2. The van der Waals surface area contributed by atoms with Gasteiger partial charge in [0.25, 0.3) is 0 Å². The van der Waals surface area contributed by atoms with Gasteiger partial charge in [0.1, 0.15) is 29.3 Å². The zero-order chi connectivity index (χ0) is 25.4. The van der Waals surface area contributed by atoms with Crippen molar-refractivity contribution >= 4 is 24.0 Å². The summed E-state index contributed by atoms with van der Waals surface area (Å²) in [6, 6.07) is 18.9. The number of hydrogen-bond acceptors (Lipinski definition) is 6. The number of rotatable bonds is 5. The number of ether oxygens (including phenoxy) is 1. The third kappa shape index (κ3) is 5.03. The molecule has 37 heavy (non-hydrogen) atoms. The van der Waals surface area contributed by atoms with Crippen LogP contribution in [-0.4, -0.2) is 57.6 Å². The van der Waals surface area contributed by atoms with Crippen LogP contribution in [0.15, 0.2) is 67.1 Å². The number of fused-ring (bicyclic) bond motifs is 1. The summed E-state index contributed by atoms with van der Waals surface area (Å²) in [6.45, 7) is 3.92. The van der Waals surface area contributed by atoms with Crippen LogP contribution in [0.4, 0.5) is 5.82 Å².